The Kier molecular flexibility index (Phi) is 3.63. The minimum Gasteiger partial charge on any atom is -0.396 e. The molecule has 1 aliphatic rings. The molecular weight excluding hydrogens is 220 g/mol. The van der Waals surface area contributed by atoms with Gasteiger partial charge in [0, 0.05) is 12.7 Å². The van der Waals surface area contributed by atoms with Crippen LogP contribution >= 0.6 is 0 Å². The molecule has 6 nitrogen and oxygen atoms in total. The summed E-state index contributed by atoms with van der Waals surface area (Å²) in [5.74, 6) is 0.325. The number of nitrogens with zero attached hydrogens (tertiary/aromatic N) is 2. The first-order valence-electron chi connectivity index (χ1n) is 5.86. The molecule has 0 aromatic carbocycles. The Labute approximate surface area is 99.8 Å². The minimum absolute atomic E-state index is 0.0745. The van der Waals surface area contributed by atoms with E-state index in [0.29, 0.717) is 18.2 Å². The van der Waals surface area contributed by atoms with Gasteiger partial charge in [-0.25, -0.2) is 0 Å². The maximum absolute atomic E-state index is 11.6. The number of anilines is 1. The number of amides is 1. The van der Waals surface area contributed by atoms with Gasteiger partial charge in [-0.05, 0) is 25.2 Å². The van der Waals surface area contributed by atoms with E-state index in [9.17, 15) is 9.90 Å². The first-order chi connectivity index (χ1) is 8.13. The maximum atomic E-state index is 11.6. The molecule has 17 heavy (non-hydrogen) atoms. The number of aromatic nitrogens is 2. The fourth-order valence-corrected chi connectivity index (χ4v) is 2.16. The molecule has 2 rings (SSSR count). The van der Waals surface area contributed by atoms with E-state index >= 15 is 0 Å². The molecule has 1 fully saturated rings. The first kappa shape index (κ1) is 11.9. The molecule has 1 aromatic rings. The second kappa shape index (κ2) is 5.18. The summed E-state index contributed by atoms with van der Waals surface area (Å²) in [5, 5.41) is 16.2. The number of carbonyl (C=O) groups is 1. The van der Waals surface area contributed by atoms with E-state index in [1.54, 1.807) is 6.20 Å². The van der Waals surface area contributed by atoms with Gasteiger partial charge in [0.05, 0.1) is 18.0 Å². The molecule has 2 atom stereocenters. The van der Waals surface area contributed by atoms with E-state index in [-0.39, 0.29) is 18.6 Å². The highest BCUT2D eigenvalue weighted by Gasteiger charge is 2.22. The molecule has 0 saturated heterocycles. The number of hydrogen-bond acceptors (Lipinski definition) is 4. The maximum Gasteiger partial charge on any atom is 0.241 e. The van der Waals surface area contributed by atoms with Crippen LogP contribution in [0.15, 0.2) is 12.4 Å². The van der Waals surface area contributed by atoms with Gasteiger partial charge in [-0.1, -0.05) is 0 Å². The largest absolute Gasteiger partial charge is 0.396 e. The van der Waals surface area contributed by atoms with Gasteiger partial charge in [-0.3, -0.25) is 9.48 Å². The van der Waals surface area contributed by atoms with Crippen molar-refractivity contribution < 1.29 is 9.90 Å². The molecule has 0 radical (unpaired) electrons. The van der Waals surface area contributed by atoms with Crippen LogP contribution in [0, 0.1) is 5.92 Å². The third kappa shape index (κ3) is 3.45. The van der Waals surface area contributed by atoms with Gasteiger partial charge in [0.2, 0.25) is 5.91 Å². The summed E-state index contributed by atoms with van der Waals surface area (Å²) in [6.07, 6.45) is 5.56. The third-order valence-corrected chi connectivity index (χ3v) is 3.06. The van der Waals surface area contributed by atoms with E-state index in [1.807, 2.05) is 0 Å². The number of nitrogens with two attached hydrogens (primary N) is 1. The monoisotopic (exact) mass is 238 g/mol. The van der Waals surface area contributed by atoms with Gasteiger partial charge in [0.1, 0.15) is 6.54 Å². The normalized spacial score (nSPS) is 23.8. The molecule has 1 heterocycles. The first-order valence-corrected chi connectivity index (χ1v) is 5.86. The van der Waals surface area contributed by atoms with E-state index < -0.39 is 0 Å². The average molecular weight is 238 g/mol. The molecular formula is C11H18N4O2. The van der Waals surface area contributed by atoms with Crippen molar-refractivity contribution in [3.8, 4) is 0 Å². The van der Waals surface area contributed by atoms with Crippen LogP contribution in [-0.2, 0) is 11.3 Å². The van der Waals surface area contributed by atoms with Crippen molar-refractivity contribution in [2.75, 3.05) is 12.3 Å². The van der Waals surface area contributed by atoms with Crippen LogP contribution in [-0.4, -0.2) is 33.4 Å². The molecule has 6 heteroatoms. The van der Waals surface area contributed by atoms with Crippen LogP contribution in [0.3, 0.4) is 0 Å². The van der Waals surface area contributed by atoms with Gasteiger partial charge in [-0.15, -0.1) is 0 Å². The average Bonchev–Trinajstić information content (AvgIpc) is 2.85. The number of nitrogens with one attached hydrogen (secondary N) is 1. The van der Waals surface area contributed by atoms with E-state index in [2.05, 4.69) is 10.4 Å². The highest BCUT2D eigenvalue weighted by molar-refractivity contribution is 5.75. The summed E-state index contributed by atoms with van der Waals surface area (Å²) in [6, 6.07) is 0. The van der Waals surface area contributed by atoms with Crippen molar-refractivity contribution in [2.24, 2.45) is 5.92 Å². The molecule has 1 aliphatic carbocycles. The van der Waals surface area contributed by atoms with Crippen molar-refractivity contribution in [2.45, 2.75) is 31.9 Å². The SMILES string of the molecule is Nc1cnn(CC(=O)NCC2CCC(O)C2)c1. The van der Waals surface area contributed by atoms with E-state index in [0.717, 1.165) is 19.3 Å². The standard InChI is InChI=1S/C11H18N4O2/c12-9-5-14-15(6-9)7-11(17)13-4-8-1-2-10(16)3-8/h5-6,8,10,16H,1-4,7,12H2,(H,13,17). The van der Waals surface area contributed by atoms with Gasteiger partial charge >= 0.3 is 0 Å². The van der Waals surface area contributed by atoms with Gasteiger partial charge in [0.15, 0.2) is 0 Å². The predicted octanol–water partition coefficient (Wildman–Crippen LogP) is -0.258. The molecule has 1 amide bonds. The van der Waals surface area contributed by atoms with Crippen molar-refractivity contribution in [3.63, 3.8) is 0 Å². The van der Waals surface area contributed by atoms with Crippen molar-refractivity contribution >= 4 is 11.6 Å². The number of rotatable bonds is 4. The lowest BCUT2D eigenvalue weighted by molar-refractivity contribution is -0.122. The summed E-state index contributed by atoms with van der Waals surface area (Å²) in [5.41, 5.74) is 6.05. The molecule has 0 spiro atoms. The summed E-state index contributed by atoms with van der Waals surface area (Å²) < 4.78 is 1.51. The summed E-state index contributed by atoms with van der Waals surface area (Å²) in [7, 11) is 0. The van der Waals surface area contributed by atoms with Crippen LogP contribution in [0.1, 0.15) is 19.3 Å². The summed E-state index contributed by atoms with van der Waals surface area (Å²) >= 11 is 0. The Balaban J connectivity index is 1.71. The van der Waals surface area contributed by atoms with Crippen molar-refractivity contribution in [3.05, 3.63) is 12.4 Å². The zero-order chi connectivity index (χ0) is 12.3. The predicted molar refractivity (Wildman–Crippen MR) is 63.0 cm³/mol. The molecule has 0 aliphatic heterocycles. The lowest BCUT2D eigenvalue weighted by Gasteiger charge is -2.10. The number of nitrogen functional groups attached to an aromatic ring is 1. The summed E-state index contributed by atoms with van der Waals surface area (Å²) in [4.78, 5) is 11.6. The van der Waals surface area contributed by atoms with E-state index in [4.69, 9.17) is 5.73 Å². The zero-order valence-corrected chi connectivity index (χ0v) is 9.67. The van der Waals surface area contributed by atoms with Gasteiger partial charge in [-0.2, -0.15) is 5.10 Å². The van der Waals surface area contributed by atoms with Crippen LogP contribution in [0.4, 0.5) is 5.69 Å². The number of aliphatic hydroxyl groups is 1. The van der Waals surface area contributed by atoms with Gasteiger partial charge < -0.3 is 16.2 Å². The fourth-order valence-electron chi connectivity index (χ4n) is 2.16. The highest BCUT2D eigenvalue weighted by atomic mass is 16.3. The Bertz CT molecular complexity index is 391. The number of aliphatic hydroxyl groups excluding tert-OH is 1. The number of hydrogen-bond donors (Lipinski definition) is 3. The Morgan fingerprint density at radius 3 is 3.06 bits per heavy atom. The van der Waals surface area contributed by atoms with Crippen LogP contribution in [0.2, 0.25) is 0 Å². The zero-order valence-electron chi connectivity index (χ0n) is 9.67. The molecule has 94 valence electrons. The Hall–Kier alpha value is -1.56. The Morgan fingerprint density at radius 2 is 2.47 bits per heavy atom. The van der Waals surface area contributed by atoms with Crippen LogP contribution < -0.4 is 11.1 Å². The topological polar surface area (TPSA) is 93.2 Å². The molecule has 2 unspecified atom stereocenters. The second-order valence-corrected chi connectivity index (χ2v) is 4.61. The molecule has 4 N–H and O–H groups in total. The van der Waals surface area contributed by atoms with Crippen LogP contribution in [0.25, 0.3) is 0 Å². The molecule has 1 aromatic heterocycles. The van der Waals surface area contributed by atoms with Gasteiger partial charge in [0.25, 0.3) is 0 Å². The molecule has 1 saturated carbocycles. The quantitative estimate of drug-likeness (QED) is 0.674. The smallest absolute Gasteiger partial charge is 0.241 e. The fraction of sp³-hybridized carbons (Fsp3) is 0.636. The summed E-state index contributed by atoms with van der Waals surface area (Å²) in [6.45, 7) is 0.819. The minimum atomic E-state index is -0.192. The third-order valence-electron chi connectivity index (χ3n) is 3.06. The van der Waals surface area contributed by atoms with E-state index in [1.165, 1.54) is 10.9 Å². The number of carbonyl (C=O) groups excluding carboxylic acids is 1. The van der Waals surface area contributed by atoms with Crippen LogP contribution in [0.5, 0.6) is 0 Å². The van der Waals surface area contributed by atoms with Crippen molar-refractivity contribution in [1.82, 2.24) is 15.1 Å². The highest BCUT2D eigenvalue weighted by Crippen LogP contribution is 2.24. The molecule has 0 bridgehead atoms. The lowest BCUT2D eigenvalue weighted by Crippen LogP contribution is -2.31. The lowest BCUT2D eigenvalue weighted by atomic mass is 10.1. The second-order valence-electron chi connectivity index (χ2n) is 4.61. The Morgan fingerprint density at radius 1 is 1.65 bits per heavy atom. The van der Waals surface area contributed by atoms with Crippen molar-refractivity contribution in [1.29, 1.82) is 0 Å².